The van der Waals surface area contributed by atoms with E-state index in [0.29, 0.717) is 16.7 Å². The van der Waals surface area contributed by atoms with Crippen LogP contribution in [0.15, 0.2) is 66.7 Å². The number of ketones is 1. The number of esters is 1. The van der Waals surface area contributed by atoms with Crippen LogP contribution in [0.3, 0.4) is 0 Å². The summed E-state index contributed by atoms with van der Waals surface area (Å²) in [6, 6.07) is 18.7. The second kappa shape index (κ2) is 7.14. The van der Waals surface area contributed by atoms with Gasteiger partial charge in [0.05, 0.1) is 12.7 Å². The fourth-order valence-corrected chi connectivity index (χ4v) is 2.83. The molecule has 124 valence electrons. The van der Waals surface area contributed by atoms with E-state index < -0.39 is 5.97 Å². The lowest BCUT2D eigenvalue weighted by Crippen LogP contribution is -2.00. The van der Waals surface area contributed by atoms with E-state index >= 15 is 0 Å². The van der Waals surface area contributed by atoms with Crippen molar-refractivity contribution in [3.05, 3.63) is 89.0 Å². The van der Waals surface area contributed by atoms with Crippen molar-refractivity contribution in [2.45, 2.75) is 6.92 Å². The van der Waals surface area contributed by atoms with Crippen molar-refractivity contribution < 1.29 is 14.3 Å². The zero-order valence-electron chi connectivity index (χ0n) is 14.2. The van der Waals surface area contributed by atoms with Gasteiger partial charge in [0.15, 0.2) is 5.78 Å². The number of carbonyl (C=O) groups is 2. The summed E-state index contributed by atoms with van der Waals surface area (Å²) in [5.74, 6) is -0.590. The normalized spacial score (nSPS) is 11.0. The van der Waals surface area contributed by atoms with E-state index in [4.69, 9.17) is 4.74 Å². The Hall–Kier alpha value is -3.20. The second-order valence-corrected chi connectivity index (χ2v) is 5.76. The van der Waals surface area contributed by atoms with Gasteiger partial charge in [-0.15, -0.1) is 0 Å². The fraction of sp³-hybridized carbons (Fsp3) is 0.0909. The molecule has 0 radical (unpaired) electrons. The van der Waals surface area contributed by atoms with Gasteiger partial charge in [-0.2, -0.15) is 0 Å². The Morgan fingerprint density at radius 2 is 1.52 bits per heavy atom. The standard InChI is InChI=1S/C22H18O3/c1-15-8-6-7-9-16(15)12-13-21(23)19-14-20(22(24)25-2)18-11-5-3-4-10-17(18)19/h3-14H,1-2H3/b13-12+. The Morgan fingerprint density at radius 3 is 2.20 bits per heavy atom. The van der Waals surface area contributed by atoms with Gasteiger partial charge in [-0.1, -0.05) is 60.7 Å². The molecule has 0 N–H and O–H groups in total. The zero-order valence-corrected chi connectivity index (χ0v) is 14.2. The number of hydrogen-bond acceptors (Lipinski definition) is 3. The third-order valence-electron chi connectivity index (χ3n) is 4.18. The van der Waals surface area contributed by atoms with Crippen LogP contribution >= 0.6 is 0 Å². The van der Waals surface area contributed by atoms with Crippen molar-refractivity contribution in [1.29, 1.82) is 0 Å². The third-order valence-corrected chi connectivity index (χ3v) is 4.18. The van der Waals surface area contributed by atoms with E-state index in [2.05, 4.69) is 0 Å². The van der Waals surface area contributed by atoms with Crippen LogP contribution in [0, 0.1) is 6.92 Å². The first kappa shape index (κ1) is 16.7. The zero-order chi connectivity index (χ0) is 17.8. The molecule has 0 unspecified atom stereocenters. The largest absolute Gasteiger partial charge is 0.465 e. The van der Waals surface area contributed by atoms with Crippen molar-refractivity contribution >= 4 is 17.8 Å². The highest BCUT2D eigenvalue weighted by molar-refractivity contribution is 6.15. The number of benzene rings is 1. The van der Waals surface area contributed by atoms with E-state index in [-0.39, 0.29) is 5.78 Å². The predicted octanol–water partition coefficient (Wildman–Crippen LogP) is 4.78. The molecule has 1 aromatic rings. The minimum atomic E-state index is -0.446. The van der Waals surface area contributed by atoms with Gasteiger partial charge in [0.25, 0.3) is 0 Å². The lowest BCUT2D eigenvalue weighted by molar-refractivity contribution is 0.0602. The first-order chi connectivity index (χ1) is 12.1. The molecule has 3 heteroatoms. The fourth-order valence-electron chi connectivity index (χ4n) is 2.83. The summed E-state index contributed by atoms with van der Waals surface area (Å²) in [6.45, 7) is 2.00. The van der Waals surface area contributed by atoms with Crippen LogP contribution < -0.4 is 0 Å². The third kappa shape index (κ3) is 3.36. The SMILES string of the molecule is COC(=O)c1cc(C(=O)/C=C/c2ccccc2C)c2cccccc1-2. The first-order valence-corrected chi connectivity index (χ1v) is 8.00. The van der Waals surface area contributed by atoms with Crippen LogP contribution in [0.2, 0.25) is 0 Å². The molecular weight excluding hydrogens is 312 g/mol. The smallest absolute Gasteiger partial charge is 0.338 e. The quantitative estimate of drug-likeness (QED) is 0.393. The van der Waals surface area contributed by atoms with Gasteiger partial charge in [0, 0.05) is 5.56 Å². The number of allylic oxidation sites excluding steroid dienone is 1. The summed E-state index contributed by atoms with van der Waals surface area (Å²) >= 11 is 0. The number of aryl methyl sites for hydroxylation is 1. The summed E-state index contributed by atoms with van der Waals surface area (Å²) in [5, 5.41) is 0. The maximum absolute atomic E-state index is 12.7. The van der Waals surface area contributed by atoms with Gasteiger partial charge < -0.3 is 4.74 Å². The number of methoxy groups -OCH3 is 1. The molecule has 0 heterocycles. The van der Waals surface area contributed by atoms with Crippen LogP contribution in [-0.2, 0) is 4.74 Å². The van der Waals surface area contributed by atoms with Gasteiger partial charge in [0.2, 0.25) is 0 Å². The van der Waals surface area contributed by atoms with Gasteiger partial charge >= 0.3 is 5.97 Å². The first-order valence-electron chi connectivity index (χ1n) is 8.00. The molecule has 3 nitrogen and oxygen atoms in total. The average Bonchev–Trinajstić information content (AvgIpc) is 2.81. The molecule has 3 rings (SSSR count). The molecule has 2 aliphatic rings. The molecule has 0 saturated carbocycles. The monoisotopic (exact) mass is 330 g/mol. The Labute approximate surface area is 146 Å². The molecular formula is C22H18O3. The van der Waals surface area contributed by atoms with Gasteiger partial charge in [0.1, 0.15) is 0 Å². The molecule has 0 fully saturated rings. The number of rotatable bonds is 4. The molecule has 0 spiro atoms. The maximum Gasteiger partial charge on any atom is 0.338 e. The maximum atomic E-state index is 12.7. The molecule has 0 bridgehead atoms. The highest BCUT2D eigenvalue weighted by Gasteiger charge is 2.22. The topological polar surface area (TPSA) is 43.4 Å². The number of carbonyl (C=O) groups excluding carboxylic acids is 2. The minimum Gasteiger partial charge on any atom is -0.465 e. The van der Waals surface area contributed by atoms with Crippen molar-refractivity contribution in [1.82, 2.24) is 0 Å². The van der Waals surface area contributed by atoms with Gasteiger partial charge in [-0.25, -0.2) is 4.79 Å². The van der Waals surface area contributed by atoms with E-state index in [1.807, 2.05) is 61.5 Å². The summed E-state index contributed by atoms with van der Waals surface area (Å²) in [5.41, 5.74) is 4.44. The van der Waals surface area contributed by atoms with Crippen LogP contribution in [-0.4, -0.2) is 18.9 Å². The molecule has 0 amide bonds. The van der Waals surface area contributed by atoms with Gasteiger partial charge in [-0.05, 0) is 41.3 Å². The highest BCUT2D eigenvalue weighted by atomic mass is 16.5. The van der Waals surface area contributed by atoms with Gasteiger partial charge in [-0.3, -0.25) is 4.79 Å². The van der Waals surface area contributed by atoms with Crippen LogP contribution in [0.4, 0.5) is 0 Å². The lowest BCUT2D eigenvalue weighted by Gasteiger charge is -2.00. The number of ether oxygens (including phenoxy) is 1. The summed E-state index contributed by atoms with van der Waals surface area (Å²) in [4.78, 5) is 24.8. The van der Waals surface area contributed by atoms with Crippen molar-refractivity contribution in [2.24, 2.45) is 0 Å². The number of hydrogen-bond donors (Lipinski definition) is 0. The summed E-state index contributed by atoms with van der Waals surface area (Å²) < 4.78 is 4.84. The Balaban J connectivity index is 2.03. The summed E-state index contributed by atoms with van der Waals surface area (Å²) in [6.07, 6.45) is 3.35. The molecule has 2 aliphatic carbocycles. The minimum absolute atomic E-state index is 0.144. The van der Waals surface area contributed by atoms with E-state index in [9.17, 15) is 9.59 Å². The van der Waals surface area contributed by atoms with Crippen LogP contribution in [0.5, 0.6) is 0 Å². The average molecular weight is 330 g/mol. The molecule has 0 saturated heterocycles. The molecule has 1 aromatic carbocycles. The Kier molecular flexibility index (Phi) is 4.75. The second-order valence-electron chi connectivity index (χ2n) is 5.76. The summed E-state index contributed by atoms with van der Waals surface area (Å²) in [7, 11) is 1.34. The Morgan fingerprint density at radius 1 is 0.880 bits per heavy atom. The van der Waals surface area contributed by atoms with E-state index in [0.717, 1.165) is 16.7 Å². The lowest BCUT2D eigenvalue weighted by atomic mass is 10.0. The number of fused-ring (bicyclic) bond motifs is 1. The van der Waals surface area contributed by atoms with Crippen molar-refractivity contribution in [3.63, 3.8) is 0 Å². The van der Waals surface area contributed by atoms with E-state index in [1.54, 1.807) is 18.2 Å². The molecule has 0 aliphatic heterocycles. The van der Waals surface area contributed by atoms with Crippen molar-refractivity contribution in [2.75, 3.05) is 7.11 Å². The molecule has 0 atom stereocenters. The van der Waals surface area contributed by atoms with E-state index in [1.165, 1.54) is 7.11 Å². The highest BCUT2D eigenvalue weighted by Crippen LogP contribution is 2.33. The van der Waals surface area contributed by atoms with Crippen LogP contribution in [0.25, 0.3) is 17.2 Å². The van der Waals surface area contributed by atoms with Crippen molar-refractivity contribution in [3.8, 4) is 11.1 Å². The predicted molar refractivity (Wildman–Crippen MR) is 98.9 cm³/mol. The molecule has 25 heavy (non-hydrogen) atoms. The Bertz CT molecular complexity index is 938. The van der Waals surface area contributed by atoms with Crippen LogP contribution in [0.1, 0.15) is 31.8 Å². The molecule has 0 aromatic heterocycles.